The molecule has 0 aliphatic carbocycles. The van der Waals surface area contributed by atoms with E-state index in [1.165, 1.54) is 0 Å². The number of aryl methyl sites for hydroxylation is 1. The van der Waals surface area contributed by atoms with Crippen molar-refractivity contribution in [2.45, 2.75) is 33.7 Å². The second-order valence-electron chi connectivity index (χ2n) is 4.33. The monoisotopic (exact) mass is 263 g/mol. The van der Waals surface area contributed by atoms with E-state index in [0.29, 0.717) is 19.6 Å². The van der Waals surface area contributed by atoms with Crippen LogP contribution in [0.3, 0.4) is 0 Å². The van der Waals surface area contributed by atoms with Crippen molar-refractivity contribution < 1.29 is 14.3 Å². The maximum Gasteiger partial charge on any atom is 0.325 e. The summed E-state index contributed by atoms with van der Waals surface area (Å²) < 4.78 is 4.90. The second-order valence-corrected chi connectivity index (χ2v) is 4.33. The molecule has 0 bridgehead atoms. The van der Waals surface area contributed by atoms with Crippen LogP contribution in [-0.2, 0) is 20.9 Å². The number of nitrogens with zero attached hydrogens (tertiary/aromatic N) is 1. The minimum absolute atomic E-state index is 0.00878. The third-order valence-corrected chi connectivity index (χ3v) is 2.90. The maximum atomic E-state index is 11.9. The zero-order chi connectivity index (χ0) is 14.3. The lowest BCUT2D eigenvalue weighted by Gasteiger charge is -2.22. The lowest BCUT2D eigenvalue weighted by Crippen LogP contribution is -2.35. The molecule has 0 fully saturated rings. The molecule has 0 spiro atoms. The molecule has 4 heteroatoms. The summed E-state index contributed by atoms with van der Waals surface area (Å²) in [6, 6.07) is 7.85. The lowest BCUT2D eigenvalue weighted by atomic mass is 10.1. The number of esters is 1. The first-order valence-electron chi connectivity index (χ1n) is 6.56. The zero-order valence-corrected chi connectivity index (χ0v) is 11.8. The molecule has 4 nitrogen and oxygen atoms in total. The van der Waals surface area contributed by atoms with E-state index in [1.807, 2.05) is 31.2 Å². The van der Waals surface area contributed by atoms with Crippen molar-refractivity contribution in [3.8, 4) is 0 Å². The number of hydrogen-bond acceptors (Lipinski definition) is 3. The minimum Gasteiger partial charge on any atom is -0.465 e. The molecular weight excluding hydrogens is 242 g/mol. The largest absolute Gasteiger partial charge is 0.465 e. The number of ether oxygens (including phenoxy) is 1. The highest BCUT2D eigenvalue weighted by atomic mass is 16.5. The Morgan fingerprint density at radius 3 is 2.47 bits per heavy atom. The van der Waals surface area contributed by atoms with Gasteiger partial charge in [0.1, 0.15) is 6.54 Å². The molecule has 1 rings (SSSR count). The normalized spacial score (nSPS) is 10.1. The number of hydrogen-bond donors (Lipinski definition) is 0. The molecule has 1 aromatic rings. The number of benzene rings is 1. The highest BCUT2D eigenvalue weighted by Crippen LogP contribution is 2.11. The van der Waals surface area contributed by atoms with E-state index in [0.717, 1.165) is 11.1 Å². The third-order valence-electron chi connectivity index (χ3n) is 2.90. The molecule has 0 aromatic heterocycles. The Bertz CT molecular complexity index is 443. The number of rotatable bonds is 6. The summed E-state index contributed by atoms with van der Waals surface area (Å²) in [6.07, 6.45) is 0.380. The summed E-state index contributed by atoms with van der Waals surface area (Å²) in [5.41, 5.74) is 2.16. The van der Waals surface area contributed by atoms with Gasteiger partial charge in [0.25, 0.3) is 0 Å². The first-order valence-corrected chi connectivity index (χ1v) is 6.56. The maximum absolute atomic E-state index is 11.9. The van der Waals surface area contributed by atoms with Crippen LogP contribution < -0.4 is 0 Å². The summed E-state index contributed by atoms with van der Waals surface area (Å²) in [5, 5.41) is 0. The van der Waals surface area contributed by atoms with Crippen LogP contribution in [0.15, 0.2) is 24.3 Å². The van der Waals surface area contributed by atoms with Crippen LogP contribution in [0.25, 0.3) is 0 Å². The fraction of sp³-hybridized carbons (Fsp3) is 0.467. The van der Waals surface area contributed by atoms with E-state index in [4.69, 9.17) is 4.74 Å². The van der Waals surface area contributed by atoms with E-state index in [9.17, 15) is 9.59 Å². The Kier molecular flexibility index (Phi) is 6.06. The Balaban J connectivity index is 2.78. The molecular formula is C15H21NO3. The summed E-state index contributed by atoms with van der Waals surface area (Å²) in [6.45, 7) is 6.32. The molecule has 19 heavy (non-hydrogen) atoms. The van der Waals surface area contributed by atoms with Crippen molar-refractivity contribution >= 4 is 11.9 Å². The zero-order valence-electron chi connectivity index (χ0n) is 11.8. The van der Waals surface area contributed by atoms with Crippen molar-refractivity contribution in [3.63, 3.8) is 0 Å². The Labute approximate surface area is 114 Å². The summed E-state index contributed by atoms with van der Waals surface area (Å²) >= 11 is 0. The fourth-order valence-electron chi connectivity index (χ4n) is 1.81. The van der Waals surface area contributed by atoms with Gasteiger partial charge in [-0.15, -0.1) is 0 Å². The molecule has 0 saturated heterocycles. The van der Waals surface area contributed by atoms with Crippen LogP contribution in [0.2, 0.25) is 0 Å². The first kappa shape index (κ1) is 15.2. The fourth-order valence-corrected chi connectivity index (χ4v) is 1.81. The van der Waals surface area contributed by atoms with Gasteiger partial charge >= 0.3 is 5.97 Å². The molecule has 0 radical (unpaired) electrons. The van der Waals surface area contributed by atoms with E-state index < -0.39 is 0 Å². The van der Waals surface area contributed by atoms with Crippen molar-refractivity contribution in [1.82, 2.24) is 4.90 Å². The van der Waals surface area contributed by atoms with E-state index in [2.05, 4.69) is 0 Å². The van der Waals surface area contributed by atoms with Gasteiger partial charge < -0.3 is 9.64 Å². The van der Waals surface area contributed by atoms with Crippen molar-refractivity contribution in [2.24, 2.45) is 0 Å². The molecule has 0 heterocycles. The summed E-state index contributed by atoms with van der Waals surface area (Å²) in [4.78, 5) is 25.0. The van der Waals surface area contributed by atoms with Gasteiger partial charge in [-0.1, -0.05) is 31.2 Å². The van der Waals surface area contributed by atoms with Crippen LogP contribution >= 0.6 is 0 Å². The van der Waals surface area contributed by atoms with Crippen LogP contribution in [0.5, 0.6) is 0 Å². The lowest BCUT2D eigenvalue weighted by molar-refractivity contribution is -0.149. The minimum atomic E-state index is -0.363. The van der Waals surface area contributed by atoms with Gasteiger partial charge in [-0.2, -0.15) is 0 Å². The number of carbonyl (C=O) groups excluding carboxylic acids is 2. The van der Waals surface area contributed by atoms with Gasteiger partial charge in [0.05, 0.1) is 6.61 Å². The standard InChI is InChI=1S/C15H21NO3/c1-4-14(17)16(11-15(18)19-5-2)10-13-9-7-6-8-12(13)3/h6-9H,4-5,10-11H2,1-3H3. The average Bonchev–Trinajstić information content (AvgIpc) is 2.39. The van der Waals surface area contributed by atoms with Gasteiger partial charge in [0.15, 0.2) is 0 Å². The first-order chi connectivity index (χ1) is 9.08. The van der Waals surface area contributed by atoms with E-state index in [-0.39, 0.29) is 18.4 Å². The number of amides is 1. The second kappa shape index (κ2) is 7.56. The average molecular weight is 263 g/mol. The molecule has 1 aromatic carbocycles. The molecule has 0 N–H and O–H groups in total. The van der Waals surface area contributed by atoms with Crippen molar-refractivity contribution in [2.75, 3.05) is 13.2 Å². The van der Waals surface area contributed by atoms with Gasteiger partial charge in [-0.05, 0) is 25.0 Å². The van der Waals surface area contributed by atoms with E-state index in [1.54, 1.807) is 18.7 Å². The summed E-state index contributed by atoms with van der Waals surface area (Å²) in [7, 11) is 0. The van der Waals surface area contributed by atoms with E-state index >= 15 is 0 Å². The van der Waals surface area contributed by atoms with Crippen LogP contribution in [0, 0.1) is 6.92 Å². The van der Waals surface area contributed by atoms with Gasteiger partial charge in [0.2, 0.25) is 5.91 Å². The molecule has 0 saturated carbocycles. The Morgan fingerprint density at radius 2 is 1.89 bits per heavy atom. The number of carbonyl (C=O) groups is 2. The van der Waals surface area contributed by atoms with Gasteiger partial charge in [0, 0.05) is 13.0 Å². The van der Waals surface area contributed by atoms with Crippen LogP contribution in [0.1, 0.15) is 31.4 Å². The highest BCUT2D eigenvalue weighted by Gasteiger charge is 2.17. The van der Waals surface area contributed by atoms with Crippen molar-refractivity contribution in [1.29, 1.82) is 0 Å². The molecule has 0 unspecified atom stereocenters. The Morgan fingerprint density at radius 1 is 1.21 bits per heavy atom. The summed E-state index contributed by atoms with van der Waals surface area (Å²) in [5.74, 6) is -0.408. The van der Waals surface area contributed by atoms with Crippen LogP contribution in [-0.4, -0.2) is 29.9 Å². The third kappa shape index (κ3) is 4.73. The SMILES string of the molecule is CCOC(=O)CN(Cc1ccccc1C)C(=O)CC. The van der Waals surface area contributed by atoms with Crippen LogP contribution in [0.4, 0.5) is 0 Å². The topological polar surface area (TPSA) is 46.6 Å². The smallest absolute Gasteiger partial charge is 0.325 e. The van der Waals surface area contributed by atoms with Gasteiger partial charge in [-0.25, -0.2) is 0 Å². The predicted molar refractivity (Wildman–Crippen MR) is 73.5 cm³/mol. The molecule has 104 valence electrons. The molecule has 0 aliphatic rings. The molecule has 0 aliphatic heterocycles. The predicted octanol–water partition coefficient (Wildman–Crippen LogP) is 2.30. The quantitative estimate of drug-likeness (QED) is 0.740. The molecule has 0 atom stereocenters. The Hall–Kier alpha value is -1.84. The molecule has 1 amide bonds. The van der Waals surface area contributed by atoms with Gasteiger partial charge in [-0.3, -0.25) is 9.59 Å². The van der Waals surface area contributed by atoms with Crippen molar-refractivity contribution in [3.05, 3.63) is 35.4 Å². The highest BCUT2D eigenvalue weighted by molar-refractivity contribution is 5.81.